The predicted octanol–water partition coefficient (Wildman–Crippen LogP) is 3.08. The first-order valence-corrected chi connectivity index (χ1v) is 10.5. The van der Waals surface area contributed by atoms with Crippen LogP contribution in [-0.4, -0.2) is 33.7 Å². The number of nitrogens with zero attached hydrogens (tertiary/aromatic N) is 1. The lowest BCUT2D eigenvalue weighted by Crippen LogP contribution is -2.39. The zero-order chi connectivity index (χ0) is 19.3. The van der Waals surface area contributed by atoms with Crippen LogP contribution in [0.5, 0.6) is 0 Å². The van der Waals surface area contributed by atoms with Gasteiger partial charge in [0.15, 0.2) is 0 Å². The molecule has 1 N–H and O–H groups in total. The van der Waals surface area contributed by atoms with E-state index in [-0.39, 0.29) is 25.4 Å². The van der Waals surface area contributed by atoms with Crippen LogP contribution in [0.15, 0.2) is 42.5 Å². The molecule has 0 bridgehead atoms. The fourth-order valence-corrected chi connectivity index (χ4v) is 4.28. The SMILES string of the molecule is Cc1cc(C)c(N(CCNC(=O)Cc2ccccc2)S(C)(=O)=O)c(Cl)c1. The predicted molar refractivity (Wildman–Crippen MR) is 106 cm³/mol. The second kappa shape index (κ2) is 8.56. The maximum absolute atomic E-state index is 12.2. The Morgan fingerprint density at radius 2 is 1.81 bits per heavy atom. The number of rotatable bonds is 7. The van der Waals surface area contributed by atoms with Crippen LogP contribution in [0.25, 0.3) is 0 Å². The standard InChI is InChI=1S/C19H23ClN2O3S/c1-14-11-15(2)19(17(20)12-14)22(26(3,24)25)10-9-21-18(23)13-16-7-5-4-6-8-16/h4-8,11-12H,9-10,13H2,1-3H3,(H,21,23). The van der Waals surface area contributed by atoms with E-state index in [0.717, 1.165) is 22.9 Å². The third-order valence-electron chi connectivity index (χ3n) is 3.89. The van der Waals surface area contributed by atoms with Gasteiger partial charge in [0.05, 0.1) is 29.9 Å². The second-order valence-corrected chi connectivity index (χ2v) is 8.57. The molecule has 0 radical (unpaired) electrons. The monoisotopic (exact) mass is 394 g/mol. The van der Waals surface area contributed by atoms with Crippen LogP contribution in [0.2, 0.25) is 5.02 Å². The summed E-state index contributed by atoms with van der Waals surface area (Å²) in [6, 6.07) is 13.0. The van der Waals surface area contributed by atoms with Crippen LogP contribution in [0.1, 0.15) is 16.7 Å². The number of anilines is 1. The summed E-state index contributed by atoms with van der Waals surface area (Å²) in [7, 11) is -3.54. The molecule has 140 valence electrons. The molecule has 7 heteroatoms. The number of benzene rings is 2. The van der Waals surface area contributed by atoms with E-state index in [2.05, 4.69) is 5.32 Å². The van der Waals surface area contributed by atoms with Crippen LogP contribution >= 0.6 is 11.6 Å². The van der Waals surface area contributed by atoms with Crippen LogP contribution in [0, 0.1) is 13.8 Å². The number of hydrogen-bond donors (Lipinski definition) is 1. The van der Waals surface area contributed by atoms with Gasteiger partial charge in [-0.25, -0.2) is 8.42 Å². The van der Waals surface area contributed by atoms with Crippen molar-refractivity contribution in [3.8, 4) is 0 Å². The molecule has 1 amide bonds. The van der Waals surface area contributed by atoms with Crippen molar-refractivity contribution in [2.24, 2.45) is 0 Å². The van der Waals surface area contributed by atoms with Gasteiger partial charge in [-0.05, 0) is 36.6 Å². The number of aryl methyl sites for hydroxylation is 2. The molecule has 0 aliphatic carbocycles. The van der Waals surface area contributed by atoms with E-state index in [4.69, 9.17) is 11.6 Å². The van der Waals surface area contributed by atoms with Gasteiger partial charge in [0.1, 0.15) is 0 Å². The number of carbonyl (C=O) groups is 1. The molecule has 2 aromatic rings. The Kier molecular flexibility index (Phi) is 6.67. The fraction of sp³-hybridized carbons (Fsp3) is 0.316. The van der Waals surface area contributed by atoms with E-state index >= 15 is 0 Å². The summed E-state index contributed by atoms with van der Waals surface area (Å²) < 4.78 is 25.7. The zero-order valence-electron chi connectivity index (χ0n) is 15.1. The molecule has 2 aromatic carbocycles. The third kappa shape index (κ3) is 5.47. The molecule has 2 rings (SSSR count). The minimum Gasteiger partial charge on any atom is -0.354 e. The van der Waals surface area contributed by atoms with Gasteiger partial charge in [-0.2, -0.15) is 0 Å². The topological polar surface area (TPSA) is 66.5 Å². The normalized spacial score (nSPS) is 11.2. The Balaban J connectivity index is 2.07. The van der Waals surface area contributed by atoms with Crippen molar-refractivity contribution in [1.82, 2.24) is 5.32 Å². The number of carbonyl (C=O) groups excluding carboxylic acids is 1. The summed E-state index contributed by atoms with van der Waals surface area (Å²) in [5, 5.41) is 3.14. The summed E-state index contributed by atoms with van der Waals surface area (Å²) in [4.78, 5) is 12.1. The van der Waals surface area contributed by atoms with Gasteiger partial charge in [-0.3, -0.25) is 9.10 Å². The fourth-order valence-electron chi connectivity index (χ4n) is 2.81. The highest BCUT2D eigenvalue weighted by Crippen LogP contribution is 2.32. The van der Waals surface area contributed by atoms with E-state index in [0.29, 0.717) is 10.7 Å². The maximum Gasteiger partial charge on any atom is 0.232 e. The first-order valence-electron chi connectivity index (χ1n) is 8.23. The number of nitrogens with one attached hydrogen (secondary N) is 1. The molecule has 0 aromatic heterocycles. The van der Waals surface area contributed by atoms with Crippen LogP contribution < -0.4 is 9.62 Å². The smallest absolute Gasteiger partial charge is 0.232 e. The lowest BCUT2D eigenvalue weighted by molar-refractivity contribution is -0.120. The van der Waals surface area contributed by atoms with Crippen molar-refractivity contribution in [2.75, 3.05) is 23.7 Å². The quantitative estimate of drug-likeness (QED) is 0.784. The number of amides is 1. The average Bonchev–Trinajstić information content (AvgIpc) is 2.52. The molecule has 5 nitrogen and oxygen atoms in total. The molecule has 0 fully saturated rings. The number of sulfonamides is 1. The Morgan fingerprint density at radius 1 is 1.15 bits per heavy atom. The third-order valence-corrected chi connectivity index (χ3v) is 5.35. The largest absolute Gasteiger partial charge is 0.354 e. The Labute approximate surface area is 160 Å². The van der Waals surface area contributed by atoms with E-state index < -0.39 is 10.0 Å². The summed E-state index contributed by atoms with van der Waals surface area (Å²) in [5.74, 6) is -0.156. The van der Waals surface area contributed by atoms with Crippen molar-refractivity contribution < 1.29 is 13.2 Å². The first-order chi connectivity index (χ1) is 12.2. The van der Waals surface area contributed by atoms with Gasteiger partial charge < -0.3 is 5.32 Å². The van der Waals surface area contributed by atoms with Gasteiger partial charge in [-0.15, -0.1) is 0 Å². The van der Waals surface area contributed by atoms with Gasteiger partial charge in [0, 0.05) is 6.54 Å². The molecule has 0 aliphatic rings. The van der Waals surface area contributed by atoms with Gasteiger partial charge in [-0.1, -0.05) is 48.0 Å². The lowest BCUT2D eigenvalue weighted by atomic mass is 10.1. The van der Waals surface area contributed by atoms with Gasteiger partial charge in [0.25, 0.3) is 0 Å². The Bertz CT molecular complexity index is 860. The van der Waals surface area contributed by atoms with Gasteiger partial charge >= 0.3 is 0 Å². The van der Waals surface area contributed by atoms with E-state index in [1.165, 1.54) is 4.31 Å². The van der Waals surface area contributed by atoms with Crippen LogP contribution in [-0.2, 0) is 21.2 Å². The van der Waals surface area contributed by atoms with Crippen molar-refractivity contribution in [2.45, 2.75) is 20.3 Å². The van der Waals surface area contributed by atoms with Crippen molar-refractivity contribution in [1.29, 1.82) is 0 Å². The highest BCUT2D eigenvalue weighted by atomic mass is 35.5. The average molecular weight is 395 g/mol. The molecule has 0 heterocycles. The lowest BCUT2D eigenvalue weighted by Gasteiger charge is -2.25. The molecule has 0 unspecified atom stereocenters. The molecule has 0 aliphatic heterocycles. The summed E-state index contributed by atoms with van der Waals surface area (Å²) in [6.07, 6.45) is 1.39. The van der Waals surface area contributed by atoms with Crippen molar-refractivity contribution >= 4 is 33.2 Å². The summed E-state index contributed by atoms with van der Waals surface area (Å²) in [6.45, 7) is 4.03. The molecular formula is C19H23ClN2O3S. The molecule has 0 spiro atoms. The van der Waals surface area contributed by atoms with E-state index in [1.54, 1.807) is 6.07 Å². The molecule has 26 heavy (non-hydrogen) atoms. The maximum atomic E-state index is 12.2. The van der Waals surface area contributed by atoms with Crippen molar-refractivity contribution in [3.05, 3.63) is 64.2 Å². The highest BCUT2D eigenvalue weighted by Gasteiger charge is 2.22. The van der Waals surface area contributed by atoms with Crippen molar-refractivity contribution in [3.63, 3.8) is 0 Å². The Morgan fingerprint density at radius 3 is 2.38 bits per heavy atom. The summed E-state index contributed by atoms with van der Waals surface area (Å²) in [5.41, 5.74) is 3.09. The Hall–Kier alpha value is -2.05. The first kappa shape index (κ1) is 20.3. The number of halogens is 1. The molecule has 0 saturated heterocycles. The van der Waals surface area contributed by atoms with Gasteiger partial charge in [0.2, 0.25) is 15.9 Å². The van der Waals surface area contributed by atoms with Crippen LogP contribution in [0.4, 0.5) is 5.69 Å². The minimum atomic E-state index is -3.54. The molecule has 0 saturated carbocycles. The molecule has 0 atom stereocenters. The highest BCUT2D eigenvalue weighted by molar-refractivity contribution is 7.92. The number of hydrogen-bond acceptors (Lipinski definition) is 3. The minimum absolute atomic E-state index is 0.114. The van der Waals surface area contributed by atoms with Crippen LogP contribution in [0.3, 0.4) is 0 Å². The van der Waals surface area contributed by atoms with E-state index in [1.807, 2.05) is 50.2 Å². The second-order valence-electron chi connectivity index (χ2n) is 6.26. The summed E-state index contributed by atoms with van der Waals surface area (Å²) >= 11 is 6.29. The zero-order valence-corrected chi connectivity index (χ0v) is 16.7. The van der Waals surface area contributed by atoms with E-state index in [9.17, 15) is 13.2 Å². The molecular weight excluding hydrogens is 372 g/mol.